The molecule has 0 saturated heterocycles. The lowest BCUT2D eigenvalue weighted by Gasteiger charge is -2.23. The van der Waals surface area contributed by atoms with Crippen molar-refractivity contribution in [3.63, 3.8) is 0 Å². The number of nitrogens with one attached hydrogen (secondary N) is 4. The molecule has 0 aliphatic heterocycles. The summed E-state index contributed by atoms with van der Waals surface area (Å²) >= 11 is 0. The van der Waals surface area contributed by atoms with E-state index in [1.165, 1.54) is 12.5 Å². The molecule has 11 N–H and O–H groups in total. The monoisotopic (exact) mass is 481 g/mol. The van der Waals surface area contributed by atoms with Gasteiger partial charge in [-0.1, -0.05) is 13.8 Å². The number of carboxylic acid groups (broad SMARTS) is 1. The molecule has 1 rings (SSSR count). The number of nitrogens with zero attached hydrogens (tertiary/aromatic N) is 2. The molecule has 0 aliphatic rings. The molecule has 190 valence electrons. The highest BCUT2D eigenvalue weighted by molar-refractivity contribution is 5.92. The number of rotatable bonds is 15. The van der Waals surface area contributed by atoms with Crippen LogP contribution in [0.3, 0.4) is 0 Å². The summed E-state index contributed by atoms with van der Waals surface area (Å²) in [6.45, 7) is 3.65. The van der Waals surface area contributed by atoms with Crippen LogP contribution in [0.1, 0.15) is 38.8 Å². The average Bonchev–Trinajstić information content (AvgIpc) is 3.26. The number of hydrogen-bond donors (Lipinski definition) is 8. The maximum absolute atomic E-state index is 12.7. The van der Waals surface area contributed by atoms with E-state index in [1.807, 2.05) is 13.8 Å². The van der Waals surface area contributed by atoms with Gasteiger partial charge in [-0.15, -0.1) is 0 Å². The lowest BCUT2D eigenvalue weighted by Crippen LogP contribution is -2.54. The molecule has 0 aromatic carbocycles. The van der Waals surface area contributed by atoms with Crippen molar-refractivity contribution in [2.45, 2.75) is 57.7 Å². The molecule has 34 heavy (non-hydrogen) atoms. The lowest BCUT2D eigenvalue weighted by atomic mass is 10.0. The third-order valence-electron chi connectivity index (χ3n) is 4.68. The summed E-state index contributed by atoms with van der Waals surface area (Å²) in [4.78, 5) is 59.2. The van der Waals surface area contributed by atoms with E-state index in [0.717, 1.165) is 0 Å². The highest BCUT2D eigenvalue weighted by Crippen LogP contribution is 2.07. The number of aliphatic imine (C=N–C) groups is 1. The van der Waals surface area contributed by atoms with Crippen molar-refractivity contribution in [1.82, 2.24) is 25.9 Å². The maximum Gasteiger partial charge on any atom is 0.326 e. The molecule has 14 nitrogen and oxygen atoms in total. The molecule has 0 aliphatic carbocycles. The lowest BCUT2D eigenvalue weighted by molar-refractivity contribution is -0.142. The van der Waals surface area contributed by atoms with E-state index in [-0.39, 0.29) is 24.7 Å². The van der Waals surface area contributed by atoms with Gasteiger partial charge in [0.15, 0.2) is 5.96 Å². The van der Waals surface area contributed by atoms with Gasteiger partial charge in [-0.3, -0.25) is 19.4 Å². The first-order chi connectivity index (χ1) is 16.0. The summed E-state index contributed by atoms with van der Waals surface area (Å²) in [5.41, 5.74) is 16.8. The predicted molar refractivity (Wildman–Crippen MR) is 124 cm³/mol. The second-order valence-electron chi connectivity index (χ2n) is 8.20. The van der Waals surface area contributed by atoms with Crippen LogP contribution in [-0.2, 0) is 25.6 Å². The fraction of sp³-hybridized carbons (Fsp3) is 0.600. The van der Waals surface area contributed by atoms with E-state index in [9.17, 15) is 24.3 Å². The first-order valence-electron chi connectivity index (χ1n) is 10.9. The van der Waals surface area contributed by atoms with E-state index >= 15 is 0 Å². The van der Waals surface area contributed by atoms with Crippen LogP contribution in [0.25, 0.3) is 0 Å². The summed E-state index contributed by atoms with van der Waals surface area (Å²) in [5, 5.41) is 16.9. The van der Waals surface area contributed by atoms with Crippen molar-refractivity contribution in [3.05, 3.63) is 18.2 Å². The number of carbonyl (C=O) groups is 4. The van der Waals surface area contributed by atoms with Crippen LogP contribution in [0.2, 0.25) is 0 Å². The van der Waals surface area contributed by atoms with Gasteiger partial charge >= 0.3 is 5.97 Å². The molecule has 3 atom stereocenters. The van der Waals surface area contributed by atoms with E-state index < -0.39 is 48.4 Å². The molecule has 3 unspecified atom stereocenters. The van der Waals surface area contributed by atoms with Crippen LogP contribution < -0.4 is 33.2 Å². The van der Waals surface area contributed by atoms with Crippen LogP contribution in [0.4, 0.5) is 0 Å². The van der Waals surface area contributed by atoms with Crippen LogP contribution in [-0.4, -0.2) is 75.9 Å². The van der Waals surface area contributed by atoms with Gasteiger partial charge in [-0.2, -0.15) is 0 Å². The Morgan fingerprint density at radius 1 is 1.15 bits per heavy atom. The van der Waals surface area contributed by atoms with Gasteiger partial charge in [0, 0.05) is 24.9 Å². The third kappa shape index (κ3) is 11.3. The number of carboxylic acids is 1. The zero-order valence-corrected chi connectivity index (χ0v) is 19.4. The van der Waals surface area contributed by atoms with Gasteiger partial charge in [0.2, 0.25) is 17.7 Å². The summed E-state index contributed by atoms with van der Waals surface area (Å²) in [7, 11) is 0. The maximum atomic E-state index is 12.7. The second kappa shape index (κ2) is 14.5. The fourth-order valence-electron chi connectivity index (χ4n) is 2.99. The number of H-pyrrole nitrogens is 1. The molecular weight excluding hydrogens is 446 g/mol. The van der Waals surface area contributed by atoms with Crippen LogP contribution >= 0.6 is 0 Å². The van der Waals surface area contributed by atoms with E-state index in [0.29, 0.717) is 25.1 Å². The summed E-state index contributed by atoms with van der Waals surface area (Å²) in [6, 6.07) is -3.05. The number of imidazole rings is 1. The molecule has 0 radical (unpaired) electrons. The Morgan fingerprint density at radius 2 is 1.85 bits per heavy atom. The van der Waals surface area contributed by atoms with Crippen molar-refractivity contribution in [2.24, 2.45) is 28.1 Å². The Hall–Kier alpha value is -3.68. The fourth-order valence-corrected chi connectivity index (χ4v) is 2.99. The minimum absolute atomic E-state index is 0.000544. The zero-order chi connectivity index (χ0) is 25.7. The summed E-state index contributed by atoms with van der Waals surface area (Å²) in [5.74, 6) is -3.03. The van der Waals surface area contributed by atoms with Crippen molar-refractivity contribution in [3.8, 4) is 0 Å². The minimum Gasteiger partial charge on any atom is -0.480 e. The van der Waals surface area contributed by atoms with Crippen LogP contribution in [0.5, 0.6) is 0 Å². The Balaban J connectivity index is 2.61. The first-order valence-corrected chi connectivity index (χ1v) is 10.9. The standard InChI is InChI=1S/C20H35N9O5/c1-11(2)6-14(18(32)29-15(19(33)34)7-12-8-24-10-27-12)28-16(30)9-26-17(31)13(21)4-3-5-25-20(22)23/h8,10-11,13-15H,3-7,9,21H2,1-2H3,(H,24,27)(H,26,31)(H,28,30)(H,29,32)(H,33,34)(H4,22,23,25). The Labute approximate surface area is 197 Å². The largest absolute Gasteiger partial charge is 0.480 e. The Bertz CT molecular complexity index is 837. The molecule has 0 fully saturated rings. The van der Waals surface area contributed by atoms with Gasteiger partial charge in [0.1, 0.15) is 12.1 Å². The molecule has 1 heterocycles. The van der Waals surface area contributed by atoms with Crippen molar-refractivity contribution < 1.29 is 24.3 Å². The molecule has 0 bridgehead atoms. The topological polar surface area (TPSA) is 244 Å². The van der Waals surface area contributed by atoms with Crippen LogP contribution in [0, 0.1) is 5.92 Å². The van der Waals surface area contributed by atoms with Gasteiger partial charge in [0.05, 0.1) is 18.9 Å². The predicted octanol–water partition coefficient (Wildman–Crippen LogP) is -2.45. The normalized spacial score (nSPS) is 13.4. The number of amides is 3. The number of hydrogen-bond acceptors (Lipinski definition) is 7. The number of aromatic nitrogens is 2. The number of guanidine groups is 1. The number of nitrogens with two attached hydrogens (primary N) is 3. The molecule has 1 aromatic heterocycles. The molecule has 1 aromatic rings. The smallest absolute Gasteiger partial charge is 0.326 e. The summed E-state index contributed by atoms with van der Waals surface area (Å²) < 4.78 is 0. The molecular formula is C20H35N9O5. The molecule has 14 heteroatoms. The van der Waals surface area contributed by atoms with Crippen molar-refractivity contribution in [1.29, 1.82) is 0 Å². The Kier molecular flexibility index (Phi) is 12.1. The van der Waals surface area contributed by atoms with Gasteiger partial charge in [0.25, 0.3) is 0 Å². The highest BCUT2D eigenvalue weighted by atomic mass is 16.4. The van der Waals surface area contributed by atoms with E-state index in [1.54, 1.807) is 0 Å². The van der Waals surface area contributed by atoms with Gasteiger partial charge < -0.3 is 43.2 Å². The van der Waals surface area contributed by atoms with E-state index in [2.05, 4.69) is 30.9 Å². The van der Waals surface area contributed by atoms with Gasteiger partial charge in [-0.05, 0) is 25.2 Å². The first kappa shape index (κ1) is 28.4. The minimum atomic E-state index is -1.22. The average molecular weight is 482 g/mol. The quantitative estimate of drug-likeness (QED) is 0.0751. The highest BCUT2D eigenvalue weighted by Gasteiger charge is 2.28. The number of carbonyl (C=O) groups excluding carboxylic acids is 3. The number of aliphatic carboxylic acids is 1. The van der Waals surface area contributed by atoms with Crippen molar-refractivity contribution in [2.75, 3.05) is 13.1 Å². The molecule has 0 spiro atoms. The van der Waals surface area contributed by atoms with Gasteiger partial charge in [-0.25, -0.2) is 9.78 Å². The third-order valence-corrected chi connectivity index (χ3v) is 4.68. The van der Waals surface area contributed by atoms with Crippen molar-refractivity contribution >= 4 is 29.7 Å². The van der Waals surface area contributed by atoms with Crippen LogP contribution in [0.15, 0.2) is 17.5 Å². The second-order valence-corrected chi connectivity index (χ2v) is 8.20. The summed E-state index contributed by atoms with van der Waals surface area (Å²) in [6.07, 6.45) is 3.94. The number of aromatic amines is 1. The SMILES string of the molecule is CC(C)CC(NC(=O)CNC(=O)C(N)CCCN=C(N)N)C(=O)NC(Cc1cnc[nH]1)C(=O)O. The molecule has 0 saturated carbocycles. The Morgan fingerprint density at radius 3 is 2.41 bits per heavy atom. The van der Waals surface area contributed by atoms with E-state index in [4.69, 9.17) is 17.2 Å². The zero-order valence-electron chi connectivity index (χ0n) is 19.4. The molecule has 3 amide bonds.